The SMILES string of the molecule is CS(=O)(=O)Cc1ccccc1C=CCCN. The molecular weight excluding hydrogens is 222 g/mol. The van der Waals surface area contributed by atoms with Crippen molar-refractivity contribution in [2.24, 2.45) is 5.73 Å². The predicted molar refractivity (Wildman–Crippen MR) is 67.7 cm³/mol. The highest BCUT2D eigenvalue weighted by Crippen LogP contribution is 2.13. The van der Waals surface area contributed by atoms with E-state index in [9.17, 15) is 8.42 Å². The van der Waals surface area contributed by atoms with Gasteiger partial charge in [0.15, 0.2) is 9.84 Å². The van der Waals surface area contributed by atoms with Gasteiger partial charge in [-0.2, -0.15) is 0 Å². The van der Waals surface area contributed by atoms with Crippen molar-refractivity contribution in [1.29, 1.82) is 0 Å². The maximum absolute atomic E-state index is 11.2. The second-order valence-corrected chi connectivity index (χ2v) is 5.89. The molecule has 0 aromatic heterocycles. The zero-order valence-corrected chi connectivity index (χ0v) is 10.2. The van der Waals surface area contributed by atoms with Crippen molar-refractivity contribution in [3.8, 4) is 0 Å². The van der Waals surface area contributed by atoms with Crippen molar-refractivity contribution in [2.45, 2.75) is 12.2 Å². The molecule has 0 amide bonds. The summed E-state index contributed by atoms with van der Waals surface area (Å²) >= 11 is 0. The third kappa shape index (κ3) is 4.59. The average molecular weight is 239 g/mol. The van der Waals surface area contributed by atoms with Crippen molar-refractivity contribution >= 4 is 15.9 Å². The highest BCUT2D eigenvalue weighted by atomic mass is 32.2. The van der Waals surface area contributed by atoms with Gasteiger partial charge in [-0.15, -0.1) is 0 Å². The van der Waals surface area contributed by atoms with Crippen molar-refractivity contribution in [2.75, 3.05) is 12.8 Å². The van der Waals surface area contributed by atoms with Crippen LogP contribution in [-0.4, -0.2) is 21.2 Å². The van der Waals surface area contributed by atoms with Crippen LogP contribution in [0.5, 0.6) is 0 Å². The summed E-state index contributed by atoms with van der Waals surface area (Å²) < 4.78 is 22.5. The molecule has 0 aliphatic rings. The van der Waals surface area contributed by atoms with E-state index in [1.807, 2.05) is 36.4 Å². The Kier molecular flexibility index (Phi) is 4.71. The predicted octanol–water partition coefficient (Wildman–Crippen LogP) is 1.59. The molecule has 1 rings (SSSR count). The second-order valence-electron chi connectivity index (χ2n) is 3.75. The van der Waals surface area contributed by atoms with Gasteiger partial charge in [0.05, 0.1) is 5.75 Å². The van der Waals surface area contributed by atoms with Crippen LogP contribution in [0.25, 0.3) is 6.08 Å². The van der Waals surface area contributed by atoms with E-state index in [4.69, 9.17) is 5.73 Å². The maximum atomic E-state index is 11.2. The minimum absolute atomic E-state index is 0.0795. The van der Waals surface area contributed by atoms with Gasteiger partial charge in [0.1, 0.15) is 0 Å². The van der Waals surface area contributed by atoms with Gasteiger partial charge in [-0.3, -0.25) is 0 Å². The second kappa shape index (κ2) is 5.82. The van der Waals surface area contributed by atoms with Gasteiger partial charge >= 0.3 is 0 Å². The first kappa shape index (κ1) is 12.9. The molecule has 0 radical (unpaired) electrons. The summed E-state index contributed by atoms with van der Waals surface area (Å²) in [7, 11) is -2.99. The fourth-order valence-corrected chi connectivity index (χ4v) is 2.25. The maximum Gasteiger partial charge on any atom is 0.151 e. The summed E-state index contributed by atoms with van der Waals surface area (Å²) in [6.07, 6.45) is 5.93. The smallest absolute Gasteiger partial charge is 0.151 e. The molecule has 16 heavy (non-hydrogen) atoms. The van der Waals surface area contributed by atoms with E-state index in [2.05, 4.69) is 0 Å². The number of hydrogen-bond donors (Lipinski definition) is 1. The molecule has 0 spiro atoms. The Bertz CT molecular complexity index is 464. The lowest BCUT2D eigenvalue weighted by Crippen LogP contribution is -2.02. The Hall–Kier alpha value is -1.13. The number of rotatable bonds is 5. The first-order valence-electron chi connectivity index (χ1n) is 5.15. The molecular formula is C12H17NO2S. The molecule has 1 aromatic rings. The summed E-state index contributed by atoms with van der Waals surface area (Å²) in [5.41, 5.74) is 7.16. The Morgan fingerprint density at radius 2 is 2.00 bits per heavy atom. The highest BCUT2D eigenvalue weighted by molar-refractivity contribution is 7.89. The van der Waals surface area contributed by atoms with E-state index in [1.165, 1.54) is 6.26 Å². The molecule has 3 nitrogen and oxygen atoms in total. The Morgan fingerprint density at radius 1 is 1.31 bits per heavy atom. The van der Waals surface area contributed by atoms with Crippen LogP contribution in [-0.2, 0) is 15.6 Å². The Labute approximate surface area is 96.9 Å². The first-order chi connectivity index (χ1) is 7.53. The largest absolute Gasteiger partial charge is 0.330 e. The van der Waals surface area contributed by atoms with E-state index in [-0.39, 0.29) is 5.75 Å². The molecule has 0 atom stereocenters. The molecule has 2 N–H and O–H groups in total. The zero-order chi connectivity index (χ0) is 12.0. The quantitative estimate of drug-likeness (QED) is 0.849. The molecule has 0 unspecified atom stereocenters. The summed E-state index contributed by atoms with van der Waals surface area (Å²) in [5, 5.41) is 0. The molecule has 1 aromatic carbocycles. The van der Waals surface area contributed by atoms with Crippen LogP contribution < -0.4 is 5.73 Å². The van der Waals surface area contributed by atoms with Crippen LogP contribution in [0, 0.1) is 0 Å². The monoisotopic (exact) mass is 239 g/mol. The standard InChI is InChI=1S/C12H17NO2S/c1-16(14,15)10-12-8-3-2-6-11(12)7-4-5-9-13/h2-4,6-8H,5,9-10,13H2,1H3. The Balaban J connectivity index is 2.92. The van der Waals surface area contributed by atoms with Crippen LogP contribution in [0.2, 0.25) is 0 Å². The average Bonchev–Trinajstić information content (AvgIpc) is 2.19. The number of hydrogen-bond acceptors (Lipinski definition) is 3. The summed E-state index contributed by atoms with van der Waals surface area (Å²) in [6, 6.07) is 7.49. The van der Waals surface area contributed by atoms with E-state index in [0.29, 0.717) is 6.54 Å². The van der Waals surface area contributed by atoms with Gasteiger partial charge in [0.2, 0.25) is 0 Å². The van der Waals surface area contributed by atoms with Gasteiger partial charge in [0.25, 0.3) is 0 Å². The topological polar surface area (TPSA) is 60.2 Å². The number of nitrogens with two attached hydrogens (primary N) is 1. The molecule has 0 aliphatic carbocycles. The fourth-order valence-electron chi connectivity index (χ4n) is 1.42. The van der Waals surface area contributed by atoms with E-state index >= 15 is 0 Å². The molecule has 0 fully saturated rings. The van der Waals surface area contributed by atoms with Crippen molar-refractivity contribution < 1.29 is 8.42 Å². The molecule has 0 saturated heterocycles. The van der Waals surface area contributed by atoms with E-state index < -0.39 is 9.84 Å². The molecule has 4 heteroatoms. The van der Waals surface area contributed by atoms with Crippen LogP contribution in [0.15, 0.2) is 30.3 Å². The minimum Gasteiger partial charge on any atom is -0.330 e. The third-order valence-electron chi connectivity index (χ3n) is 2.10. The molecule has 0 bridgehead atoms. The first-order valence-corrected chi connectivity index (χ1v) is 7.21. The van der Waals surface area contributed by atoms with Crippen LogP contribution in [0.4, 0.5) is 0 Å². The molecule has 0 heterocycles. The van der Waals surface area contributed by atoms with Crippen LogP contribution in [0.1, 0.15) is 17.5 Å². The number of benzene rings is 1. The van der Waals surface area contributed by atoms with Crippen LogP contribution >= 0.6 is 0 Å². The van der Waals surface area contributed by atoms with Gasteiger partial charge in [-0.25, -0.2) is 8.42 Å². The Morgan fingerprint density at radius 3 is 2.62 bits per heavy atom. The summed E-state index contributed by atoms with van der Waals surface area (Å²) in [6.45, 7) is 0.602. The van der Waals surface area contributed by atoms with Crippen molar-refractivity contribution in [1.82, 2.24) is 0 Å². The lowest BCUT2D eigenvalue weighted by Gasteiger charge is -2.04. The molecule has 88 valence electrons. The normalized spacial score (nSPS) is 12.1. The molecule has 0 saturated carbocycles. The van der Waals surface area contributed by atoms with Gasteiger partial charge in [0, 0.05) is 6.26 Å². The molecule has 0 aliphatic heterocycles. The third-order valence-corrected chi connectivity index (χ3v) is 2.94. The van der Waals surface area contributed by atoms with E-state index in [0.717, 1.165) is 17.5 Å². The van der Waals surface area contributed by atoms with Gasteiger partial charge in [-0.05, 0) is 24.1 Å². The summed E-state index contributed by atoms with van der Waals surface area (Å²) in [5.74, 6) is 0.0795. The lowest BCUT2D eigenvalue weighted by molar-refractivity contribution is 0.601. The zero-order valence-electron chi connectivity index (χ0n) is 9.39. The highest BCUT2D eigenvalue weighted by Gasteiger charge is 2.06. The number of sulfone groups is 1. The van der Waals surface area contributed by atoms with E-state index in [1.54, 1.807) is 0 Å². The van der Waals surface area contributed by atoms with Gasteiger partial charge < -0.3 is 5.73 Å². The minimum atomic E-state index is -2.99. The van der Waals surface area contributed by atoms with Crippen molar-refractivity contribution in [3.05, 3.63) is 41.5 Å². The fraction of sp³-hybridized carbons (Fsp3) is 0.333. The van der Waals surface area contributed by atoms with Crippen molar-refractivity contribution in [3.63, 3.8) is 0 Å². The lowest BCUT2D eigenvalue weighted by atomic mass is 10.1. The van der Waals surface area contributed by atoms with Gasteiger partial charge in [-0.1, -0.05) is 36.4 Å². The van der Waals surface area contributed by atoms with Crippen LogP contribution in [0.3, 0.4) is 0 Å². The summed E-state index contributed by atoms with van der Waals surface area (Å²) in [4.78, 5) is 0.